The molecule has 2 aromatic rings. The van der Waals surface area contributed by atoms with Crippen LogP contribution in [0.4, 0.5) is 5.69 Å². The van der Waals surface area contributed by atoms with Crippen molar-refractivity contribution in [1.82, 2.24) is 5.43 Å². The summed E-state index contributed by atoms with van der Waals surface area (Å²) in [5, 5.41) is 15.1. The van der Waals surface area contributed by atoms with Crippen molar-refractivity contribution in [3.8, 4) is 5.75 Å². The molecule has 0 aliphatic heterocycles. The van der Waals surface area contributed by atoms with Gasteiger partial charge in [0.2, 0.25) is 0 Å². The predicted octanol–water partition coefficient (Wildman–Crippen LogP) is 3.21. The van der Waals surface area contributed by atoms with Gasteiger partial charge in [0.25, 0.3) is 5.91 Å². The van der Waals surface area contributed by atoms with Crippen LogP contribution >= 0.6 is 0 Å². The molecule has 0 fully saturated rings. The van der Waals surface area contributed by atoms with Gasteiger partial charge in [-0.2, -0.15) is 5.10 Å². The third-order valence-electron chi connectivity index (χ3n) is 3.43. The number of nitrogens with one attached hydrogen (secondary N) is 1. The SMILES string of the molecule is CCC(=NNC(=O)COc1ccc(C)cc1[N+](=O)[O-])c1ccccc1. The molecular weight excluding hydrogens is 322 g/mol. The lowest BCUT2D eigenvalue weighted by atomic mass is 10.1. The topological polar surface area (TPSA) is 93.8 Å². The molecule has 25 heavy (non-hydrogen) atoms. The van der Waals surface area contributed by atoms with E-state index in [1.807, 2.05) is 37.3 Å². The summed E-state index contributed by atoms with van der Waals surface area (Å²) in [6, 6.07) is 14.0. The van der Waals surface area contributed by atoms with Crippen LogP contribution in [0.25, 0.3) is 0 Å². The van der Waals surface area contributed by atoms with Crippen molar-refractivity contribution < 1.29 is 14.5 Å². The quantitative estimate of drug-likeness (QED) is 0.475. The smallest absolute Gasteiger partial charge is 0.311 e. The summed E-state index contributed by atoms with van der Waals surface area (Å²) in [5.74, 6) is -0.440. The highest BCUT2D eigenvalue weighted by atomic mass is 16.6. The molecule has 0 radical (unpaired) electrons. The Labute approximate surface area is 145 Å². The van der Waals surface area contributed by atoms with Gasteiger partial charge in [0.1, 0.15) is 0 Å². The van der Waals surface area contributed by atoms with Crippen LogP contribution in [0.3, 0.4) is 0 Å². The molecule has 0 aliphatic rings. The fourth-order valence-electron chi connectivity index (χ4n) is 2.18. The molecule has 0 saturated heterocycles. The Morgan fingerprint density at radius 3 is 2.60 bits per heavy atom. The van der Waals surface area contributed by atoms with Crippen LogP contribution in [0, 0.1) is 17.0 Å². The van der Waals surface area contributed by atoms with Gasteiger partial charge in [-0.15, -0.1) is 0 Å². The minimum Gasteiger partial charge on any atom is -0.477 e. The van der Waals surface area contributed by atoms with E-state index in [0.29, 0.717) is 6.42 Å². The zero-order valence-electron chi connectivity index (χ0n) is 14.1. The van der Waals surface area contributed by atoms with Crippen LogP contribution in [0.1, 0.15) is 24.5 Å². The van der Waals surface area contributed by atoms with Crippen LogP contribution in [-0.2, 0) is 4.79 Å². The Balaban J connectivity index is 1.99. The first-order valence-corrected chi connectivity index (χ1v) is 7.80. The minimum atomic E-state index is -0.539. The fraction of sp³-hybridized carbons (Fsp3) is 0.222. The summed E-state index contributed by atoms with van der Waals surface area (Å²) < 4.78 is 5.26. The molecule has 2 rings (SSSR count). The van der Waals surface area contributed by atoms with Crippen molar-refractivity contribution in [2.24, 2.45) is 5.10 Å². The number of rotatable bonds is 7. The summed E-state index contributed by atoms with van der Waals surface area (Å²) >= 11 is 0. The molecule has 2 aromatic carbocycles. The number of amides is 1. The third kappa shape index (κ3) is 5.13. The number of ether oxygens (including phenoxy) is 1. The highest BCUT2D eigenvalue weighted by molar-refractivity contribution is 6.00. The minimum absolute atomic E-state index is 0.0495. The lowest BCUT2D eigenvalue weighted by molar-refractivity contribution is -0.385. The maximum atomic E-state index is 11.9. The highest BCUT2D eigenvalue weighted by Gasteiger charge is 2.16. The number of carbonyl (C=O) groups excluding carboxylic acids is 1. The van der Waals surface area contributed by atoms with Crippen molar-refractivity contribution in [1.29, 1.82) is 0 Å². The van der Waals surface area contributed by atoms with Crippen LogP contribution < -0.4 is 10.2 Å². The number of hydrogen-bond donors (Lipinski definition) is 1. The van der Waals surface area contributed by atoms with Gasteiger partial charge in [-0.25, -0.2) is 5.43 Å². The number of nitro benzene ring substituents is 1. The van der Waals surface area contributed by atoms with Gasteiger partial charge in [-0.3, -0.25) is 14.9 Å². The van der Waals surface area contributed by atoms with Gasteiger partial charge in [-0.1, -0.05) is 43.3 Å². The molecule has 0 unspecified atom stereocenters. The highest BCUT2D eigenvalue weighted by Crippen LogP contribution is 2.27. The van der Waals surface area contributed by atoms with Crippen LogP contribution in [0.2, 0.25) is 0 Å². The van der Waals surface area contributed by atoms with E-state index in [0.717, 1.165) is 16.8 Å². The van der Waals surface area contributed by atoms with E-state index < -0.39 is 10.8 Å². The van der Waals surface area contributed by atoms with Gasteiger partial charge < -0.3 is 4.74 Å². The number of hydrazone groups is 1. The molecule has 0 spiro atoms. The molecule has 0 atom stereocenters. The number of aryl methyl sites for hydroxylation is 1. The first-order valence-electron chi connectivity index (χ1n) is 7.80. The maximum absolute atomic E-state index is 11.9. The average molecular weight is 341 g/mol. The molecule has 0 aliphatic carbocycles. The number of nitro groups is 1. The van der Waals surface area contributed by atoms with E-state index in [4.69, 9.17) is 4.74 Å². The second kappa shape index (κ2) is 8.58. The molecule has 0 aromatic heterocycles. The van der Waals surface area contributed by atoms with E-state index in [9.17, 15) is 14.9 Å². The summed E-state index contributed by atoms with van der Waals surface area (Å²) in [6.07, 6.45) is 0.647. The van der Waals surface area contributed by atoms with Crippen molar-refractivity contribution in [3.63, 3.8) is 0 Å². The van der Waals surface area contributed by atoms with Gasteiger partial charge in [-0.05, 0) is 30.5 Å². The van der Waals surface area contributed by atoms with Crippen LogP contribution in [-0.4, -0.2) is 23.1 Å². The monoisotopic (exact) mass is 341 g/mol. The second-order valence-corrected chi connectivity index (χ2v) is 5.33. The molecule has 0 heterocycles. The van der Waals surface area contributed by atoms with Crippen molar-refractivity contribution in [2.45, 2.75) is 20.3 Å². The molecule has 7 nitrogen and oxygen atoms in total. The zero-order valence-corrected chi connectivity index (χ0v) is 14.1. The maximum Gasteiger partial charge on any atom is 0.311 e. The van der Waals surface area contributed by atoms with Crippen LogP contribution in [0.5, 0.6) is 5.75 Å². The second-order valence-electron chi connectivity index (χ2n) is 5.33. The van der Waals surface area contributed by atoms with Gasteiger partial charge in [0.15, 0.2) is 12.4 Å². The van der Waals surface area contributed by atoms with Crippen LogP contribution in [0.15, 0.2) is 53.6 Å². The van der Waals surface area contributed by atoms with E-state index in [2.05, 4.69) is 10.5 Å². The molecule has 130 valence electrons. The number of benzene rings is 2. The zero-order chi connectivity index (χ0) is 18.2. The Hall–Kier alpha value is -3.22. The Morgan fingerprint density at radius 1 is 1.24 bits per heavy atom. The van der Waals surface area contributed by atoms with E-state index in [-0.39, 0.29) is 18.0 Å². The van der Waals surface area contributed by atoms with E-state index >= 15 is 0 Å². The summed E-state index contributed by atoms with van der Waals surface area (Å²) in [5.41, 5.74) is 4.63. The molecule has 1 N–H and O–H groups in total. The van der Waals surface area contributed by atoms with E-state index in [1.165, 1.54) is 12.1 Å². The number of carbonyl (C=O) groups is 1. The number of hydrogen-bond acceptors (Lipinski definition) is 5. The third-order valence-corrected chi connectivity index (χ3v) is 3.43. The van der Waals surface area contributed by atoms with Gasteiger partial charge in [0.05, 0.1) is 10.6 Å². The summed E-state index contributed by atoms with van der Waals surface area (Å²) in [4.78, 5) is 22.4. The normalized spacial score (nSPS) is 11.0. The summed E-state index contributed by atoms with van der Waals surface area (Å²) in [7, 11) is 0. The predicted molar refractivity (Wildman–Crippen MR) is 94.7 cm³/mol. The molecule has 1 amide bonds. The first kappa shape index (κ1) is 18.1. The molecule has 0 bridgehead atoms. The van der Waals surface area contributed by atoms with Gasteiger partial charge >= 0.3 is 5.69 Å². The van der Waals surface area contributed by atoms with Crippen molar-refractivity contribution in [3.05, 3.63) is 69.8 Å². The van der Waals surface area contributed by atoms with E-state index in [1.54, 1.807) is 13.0 Å². The fourth-order valence-corrected chi connectivity index (χ4v) is 2.18. The van der Waals surface area contributed by atoms with Crippen molar-refractivity contribution >= 4 is 17.3 Å². The van der Waals surface area contributed by atoms with Gasteiger partial charge in [0, 0.05) is 6.07 Å². The molecule has 7 heteroatoms. The Kier molecular flexibility index (Phi) is 6.22. The lowest BCUT2D eigenvalue weighted by Crippen LogP contribution is -2.26. The largest absolute Gasteiger partial charge is 0.477 e. The standard InChI is InChI=1S/C18H19N3O4/c1-3-15(14-7-5-4-6-8-14)19-20-18(22)12-25-17-10-9-13(2)11-16(17)21(23)24/h4-11H,3,12H2,1-2H3,(H,20,22). The molecular formula is C18H19N3O4. The Morgan fingerprint density at radius 2 is 1.96 bits per heavy atom. The average Bonchev–Trinajstić information content (AvgIpc) is 2.62. The Bertz CT molecular complexity index is 788. The summed E-state index contributed by atoms with van der Waals surface area (Å²) in [6.45, 7) is 3.32. The first-order chi connectivity index (χ1) is 12.0. The molecule has 0 saturated carbocycles. The number of nitrogens with zero attached hydrogens (tertiary/aromatic N) is 2. The van der Waals surface area contributed by atoms with Crippen molar-refractivity contribution in [2.75, 3.05) is 6.61 Å². The lowest BCUT2D eigenvalue weighted by Gasteiger charge is -2.08.